The molecule has 0 fully saturated rings. The van der Waals surface area contributed by atoms with Gasteiger partial charge < -0.3 is 5.11 Å². The van der Waals surface area contributed by atoms with Crippen molar-refractivity contribution in [1.29, 1.82) is 0 Å². The molecule has 1 aromatic heterocycles. The van der Waals surface area contributed by atoms with Gasteiger partial charge in [0.1, 0.15) is 5.82 Å². The molecule has 2 rings (SSSR count). The average molecular weight is 289 g/mol. The van der Waals surface area contributed by atoms with Crippen molar-refractivity contribution >= 4 is 5.97 Å². The van der Waals surface area contributed by atoms with Crippen molar-refractivity contribution in [3.05, 3.63) is 47.0 Å². The van der Waals surface area contributed by atoms with E-state index in [9.17, 15) is 22.4 Å². The molecular formula is C11H7F4N3O2. The standard InChI is InChI=1S/C11H7F4N3O2/c12-7-4-2-1-3-6(7)5-18-9(11(13,14)15)8(10(19)20)16-17-18/h1-4H,5H2,(H,19,20). The molecule has 0 saturated carbocycles. The zero-order chi connectivity index (χ0) is 14.9. The lowest BCUT2D eigenvalue weighted by atomic mass is 10.2. The van der Waals surface area contributed by atoms with Crippen LogP contribution in [0.3, 0.4) is 0 Å². The molecule has 1 aromatic carbocycles. The van der Waals surface area contributed by atoms with Crippen molar-refractivity contribution in [1.82, 2.24) is 15.0 Å². The number of halogens is 4. The number of rotatable bonds is 3. The molecule has 0 saturated heterocycles. The molecule has 5 nitrogen and oxygen atoms in total. The maximum atomic E-state index is 13.4. The summed E-state index contributed by atoms with van der Waals surface area (Å²) in [5, 5.41) is 14.8. The van der Waals surface area contributed by atoms with Gasteiger partial charge in [-0.15, -0.1) is 5.10 Å². The molecule has 0 atom stereocenters. The van der Waals surface area contributed by atoms with Crippen molar-refractivity contribution in [2.45, 2.75) is 12.7 Å². The Hall–Kier alpha value is -2.45. The number of alkyl halides is 3. The van der Waals surface area contributed by atoms with Crippen molar-refractivity contribution in [3.63, 3.8) is 0 Å². The van der Waals surface area contributed by atoms with Crippen LogP contribution in [0.4, 0.5) is 17.6 Å². The first-order valence-corrected chi connectivity index (χ1v) is 5.28. The molecule has 0 aliphatic heterocycles. The van der Waals surface area contributed by atoms with Crippen molar-refractivity contribution < 1.29 is 27.5 Å². The fraction of sp³-hybridized carbons (Fsp3) is 0.182. The van der Waals surface area contributed by atoms with Crippen LogP contribution in [-0.4, -0.2) is 26.1 Å². The normalized spacial score (nSPS) is 11.6. The van der Waals surface area contributed by atoms with E-state index in [0.717, 1.165) is 6.07 Å². The Morgan fingerprint density at radius 1 is 1.30 bits per heavy atom. The maximum Gasteiger partial charge on any atom is 0.435 e. The first-order valence-electron chi connectivity index (χ1n) is 5.28. The van der Waals surface area contributed by atoms with Gasteiger partial charge in [-0.25, -0.2) is 13.9 Å². The van der Waals surface area contributed by atoms with E-state index in [1.165, 1.54) is 18.2 Å². The van der Waals surface area contributed by atoms with Crippen molar-refractivity contribution in [3.8, 4) is 0 Å². The van der Waals surface area contributed by atoms with E-state index in [2.05, 4.69) is 10.3 Å². The van der Waals surface area contributed by atoms with E-state index in [0.29, 0.717) is 4.68 Å². The highest BCUT2D eigenvalue weighted by atomic mass is 19.4. The number of aromatic carboxylic acids is 1. The summed E-state index contributed by atoms with van der Waals surface area (Å²) in [5.74, 6) is -2.56. The van der Waals surface area contributed by atoms with E-state index in [1.807, 2.05) is 0 Å². The average Bonchev–Trinajstić information content (AvgIpc) is 2.76. The number of carboxylic acids is 1. The van der Waals surface area contributed by atoms with E-state index in [-0.39, 0.29) is 5.56 Å². The van der Waals surface area contributed by atoms with Gasteiger partial charge in [0.05, 0.1) is 6.54 Å². The highest BCUT2D eigenvalue weighted by Crippen LogP contribution is 2.31. The zero-order valence-corrected chi connectivity index (χ0v) is 9.73. The van der Waals surface area contributed by atoms with E-state index >= 15 is 0 Å². The summed E-state index contributed by atoms with van der Waals surface area (Å²) in [6.45, 7) is -0.568. The molecule has 0 aliphatic rings. The Bertz CT molecular complexity index is 651. The molecule has 0 radical (unpaired) electrons. The second-order valence-electron chi connectivity index (χ2n) is 3.84. The van der Waals surface area contributed by atoms with E-state index in [1.54, 1.807) is 0 Å². The van der Waals surface area contributed by atoms with Gasteiger partial charge in [0, 0.05) is 5.56 Å². The van der Waals surface area contributed by atoms with Gasteiger partial charge in [-0.3, -0.25) is 0 Å². The summed E-state index contributed by atoms with van der Waals surface area (Å²) in [5.41, 5.74) is -2.79. The first kappa shape index (κ1) is 14.0. The number of carbonyl (C=O) groups is 1. The highest BCUT2D eigenvalue weighted by molar-refractivity contribution is 5.86. The van der Waals surface area contributed by atoms with Crippen molar-refractivity contribution in [2.24, 2.45) is 0 Å². The minimum absolute atomic E-state index is 0.0557. The molecule has 1 heterocycles. The van der Waals surface area contributed by atoms with Crippen LogP contribution in [-0.2, 0) is 12.7 Å². The lowest BCUT2D eigenvalue weighted by Crippen LogP contribution is -2.19. The third-order valence-electron chi connectivity index (χ3n) is 2.48. The lowest BCUT2D eigenvalue weighted by Gasteiger charge is -2.10. The number of hydrogen-bond donors (Lipinski definition) is 1. The van der Waals surface area contributed by atoms with Gasteiger partial charge >= 0.3 is 12.1 Å². The molecule has 0 spiro atoms. The van der Waals surface area contributed by atoms with Gasteiger partial charge in [-0.05, 0) is 6.07 Å². The summed E-state index contributed by atoms with van der Waals surface area (Å²) in [7, 11) is 0. The van der Waals surface area contributed by atoms with Crippen LogP contribution in [0.2, 0.25) is 0 Å². The minimum atomic E-state index is -4.96. The number of benzene rings is 1. The molecule has 1 N–H and O–H groups in total. The molecule has 2 aromatic rings. The molecule has 9 heteroatoms. The third-order valence-corrected chi connectivity index (χ3v) is 2.48. The van der Waals surface area contributed by atoms with Gasteiger partial charge in [0.2, 0.25) is 5.69 Å². The SMILES string of the molecule is O=C(O)c1nnn(Cc2ccccc2F)c1C(F)(F)F. The summed E-state index contributed by atoms with van der Waals surface area (Å²) < 4.78 is 52.3. The number of hydrogen-bond acceptors (Lipinski definition) is 3. The fourth-order valence-corrected chi connectivity index (χ4v) is 1.64. The molecule has 106 valence electrons. The smallest absolute Gasteiger partial charge is 0.435 e. The van der Waals surface area contributed by atoms with Crippen LogP contribution < -0.4 is 0 Å². The Labute approximate surface area is 109 Å². The molecule has 0 amide bonds. The number of nitrogens with zero attached hydrogens (tertiary/aromatic N) is 3. The van der Waals surface area contributed by atoms with Gasteiger partial charge in [-0.1, -0.05) is 23.4 Å². The predicted molar refractivity (Wildman–Crippen MR) is 57.5 cm³/mol. The summed E-state index contributed by atoms with van der Waals surface area (Å²) >= 11 is 0. The lowest BCUT2D eigenvalue weighted by molar-refractivity contribution is -0.144. The third kappa shape index (κ3) is 2.60. The van der Waals surface area contributed by atoms with Gasteiger partial charge in [-0.2, -0.15) is 13.2 Å². The molecule has 0 aliphatic carbocycles. The summed E-state index contributed by atoms with van der Waals surface area (Å²) in [6.07, 6.45) is -4.96. The Kier molecular flexibility index (Phi) is 3.43. The number of aromatic nitrogens is 3. The quantitative estimate of drug-likeness (QED) is 0.879. The monoisotopic (exact) mass is 289 g/mol. The first-order chi connectivity index (χ1) is 9.30. The van der Waals surface area contributed by atoms with Crippen molar-refractivity contribution in [2.75, 3.05) is 0 Å². The largest absolute Gasteiger partial charge is 0.476 e. The van der Waals surface area contributed by atoms with Crippen LogP contribution in [0.15, 0.2) is 24.3 Å². The van der Waals surface area contributed by atoms with Gasteiger partial charge in [0.25, 0.3) is 0 Å². The molecule has 0 bridgehead atoms. The fourth-order valence-electron chi connectivity index (χ4n) is 1.64. The second kappa shape index (κ2) is 4.91. The van der Waals surface area contributed by atoms with E-state index in [4.69, 9.17) is 5.11 Å². The van der Waals surface area contributed by atoms with Crippen LogP contribution in [0.25, 0.3) is 0 Å². The molecular weight excluding hydrogens is 282 g/mol. The zero-order valence-electron chi connectivity index (χ0n) is 9.73. The topological polar surface area (TPSA) is 68.0 Å². The molecule has 20 heavy (non-hydrogen) atoms. The Morgan fingerprint density at radius 2 is 1.95 bits per heavy atom. The highest BCUT2D eigenvalue weighted by Gasteiger charge is 2.41. The Morgan fingerprint density at radius 3 is 2.50 bits per heavy atom. The summed E-state index contributed by atoms with van der Waals surface area (Å²) in [6, 6.07) is 5.18. The second-order valence-corrected chi connectivity index (χ2v) is 3.84. The van der Waals surface area contributed by atoms with Gasteiger partial charge in [0.15, 0.2) is 5.69 Å². The predicted octanol–water partition coefficient (Wildman–Crippen LogP) is 2.18. The number of carboxylic acid groups (broad SMARTS) is 1. The van der Waals surface area contributed by atoms with Crippen LogP contribution in [0.1, 0.15) is 21.7 Å². The van der Waals surface area contributed by atoms with E-state index < -0.39 is 35.9 Å². The minimum Gasteiger partial charge on any atom is -0.476 e. The molecule has 0 unspecified atom stereocenters. The van der Waals surface area contributed by atoms with Crippen LogP contribution in [0.5, 0.6) is 0 Å². The Balaban J connectivity index is 2.48. The summed E-state index contributed by atoms with van der Waals surface area (Å²) in [4.78, 5) is 10.7. The van der Waals surface area contributed by atoms with Crippen LogP contribution in [0, 0.1) is 5.82 Å². The maximum absolute atomic E-state index is 13.4. The van der Waals surface area contributed by atoms with Crippen LogP contribution >= 0.6 is 0 Å².